The minimum Gasteiger partial charge on any atom is -0.267 e. The number of nitrogens with zero attached hydrogens (tertiary/aromatic N) is 3. The maximum atomic E-state index is 13.1. The number of hydrogen-bond acceptors (Lipinski definition) is 4. The lowest BCUT2D eigenvalue weighted by molar-refractivity contribution is 0.218. The summed E-state index contributed by atoms with van der Waals surface area (Å²) in [7, 11) is 0. The fraction of sp³-hybridized carbons (Fsp3) is 0.450. The van der Waals surface area contributed by atoms with Gasteiger partial charge in [0.05, 0.1) is 11.9 Å². The minimum absolute atomic E-state index is 0.0401. The van der Waals surface area contributed by atoms with Crippen LogP contribution in [0.4, 0.5) is 0 Å². The highest BCUT2D eigenvalue weighted by molar-refractivity contribution is 7.18. The molecule has 4 rings (SSSR count). The van der Waals surface area contributed by atoms with E-state index in [-0.39, 0.29) is 11.0 Å². The van der Waals surface area contributed by atoms with Crippen LogP contribution < -0.4 is 5.56 Å². The summed E-state index contributed by atoms with van der Waals surface area (Å²) in [5.74, 6) is 0.643. The Labute approximate surface area is 161 Å². The molecule has 2 aromatic heterocycles. The van der Waals surface area contributed by atoms with Crippen LogP contribution in [-0.4, -0.2) is 15.0 Å². The number of rotatable bonds is 2. The fourth-order valence-corrected chi connectivity index (χ4v) is 5.23. The first-order chi connectivity index (χ1) is 12.3. The molecule has 0 saturated heterocycles. The molecule has 4 nitrogen and oxygen atoms in total. The van der Waals surface area contributed by atoms with Gasteiger partial charge in [-0.25, -0.2) is 4.68 Å². The third-order valence-corrected chi connectivity index (χ3v) is 6.76. The zero-order chi connectivity index (χ0) is 18.5. The van der Waals surface area contributed by atoms with Crippen molar-refractivity contribution < 1.29 is 0 Å². The molecule has 0 bridgehead atoms. The maximum absolute atomic E-state index is 13.1. The van der Waals surface area contributed by atoms with Crippen LogP contribution in [0.3, 0.4) is 0 Å². The molecule has 0 fully saturated rings. The Bertz CT molecular complexity index is 1030. The van der Waals surface area contributed by atoms with Gasteiger partial charge in [0.2, 0.25) is 0 Å². The lowest BCUT2D eigenvalue weighted by atomic mass is 9.72. The number of hydrogen-bond donors (Lipinski definition) is 0. The number of aromatic nitrogens is 3. The van der Waals surface area contributed by atoms with E-state index in [2.05, 4.69) is 31.1 Å². The van der Waals surface area contributed by atoms with Gasteiger partial charge >= 0.3 is 0 Å². The molecule has 0 saturated carbocycles. The normalized spacial score (nSPS) is 17.5. The molecule has 136 valence electrons. The van der Waals surface area contributed by atoms with E-state index in [0.29, 0.717) is 17.5 Å². The number of aryl methyl sites for hydroxylation is 1. The molecule has 1 atom stereocenters. The lowest BCUT2D eigenvalue weighted by Crippen LogP contribution is -2.28. The number of fused-ring (bicyclic) bond motifs is 3. The van der Waals surface area contributed by atoms with Crippen LogP contribution in [-0.2, 0) is 19.4 Å². The van der Waals surface area contributed by atoms with Crippen molar-refractivity contribution in [3.63, 3.8) is 0 Å². The topological polar surface area (TPSA) is 47.8 Å². The van der Waals surface area contributed by atoms with Gasteiger partial charge in [0.15, 0.2) is 4.83 Å². The van der Waals surface area contributed by atoms with Crippen molar-refractivity contribution in [3.05, 3.63) is 55.6 Å². The zero-order valence-electron chi connectivity index (χ0n) is 15.3. The van der Waals surface area contributed by atoms with Crippen LogP contribution in [0.25, 0.3) is 10.2 Å². The smallest absolute Gasteiger partial charge is 0.267 e. The van der Waals surface area contributed by atoms with Gasteiger partial charge in [0, 0.05) is 9.90 Å². The van der Waals surface area contributed by atoms with E-state index in [1.54, 1.807) is 11.3 Å². The first kappa shape index (κ1) is 17.7. The van der Waals surface area contributed by atoms with Gasteiger partial charge < -0.3 is 0 Å². The molecule has 2 heterocycles. The van der Waals surface area contributed by atoms with E-state index < -0.39 is 0 Å². The quantitative estimate of drug-likeness (QED) is 0.640. The molecule has 1 aromatic carbocycles. The Morgan fingerprint density at radius 1 is 1.35 bits per heavy atom. The molecule has 3 aromatic rings. The van der Waals surface area contributed by atoms with Crippen molar-refractivity contribution in [2.75, 3.05) is 0 Å². The van der Waals surface area contributed by atoms with E-state index in [1.165, 1.54) is 15.1 Å². The second-order valence-electron chi connectivity index (χ2n) is 8.17. The Morgan fingerprint density at radius 3 is 2.88 bits per heavy atom. The molecule has 0 spiro atoms. The van der Waals surface area contributed by atoms with E-state index >= 15 is 0 Å². The molecule has 1 aliphatic carbocycles. The van der Waals surface area contributed by atoms with Crippen LogP contribution in [0.15, 0.2) is 29.1 Å². The Morgan fingerprint density at radius 2 is 2.15 bits per heavy atom. The van der Waals surface area contributed by atoms with Gasteiger partial charge in [-0.05, 0) is 53.9 Å². The van der Waals surface area contributed by atoms with Crippen LogP contribution in [0.2, 0.25) is 5.02 Å². The summed E-state index contributed by atoms with van der Waals surface area (Å²) in [6.45, 7) is 7.28. The average molecular weight is 388 g/mol. The second-order valence-corrected chi connectivity index (χ2v) is 9.69. The summed E-state index contributed by atoms with van der Waals surface area (Å²) in [5.41, 5.74) is 2.39. The van der Waals surface area contributed by atoms with Crippen molar-refractivity contribution in [2.24, 2.45) is 11.3 Å². The molecular formula is C20H22ClN3OS. The predicted molar refractivity (Wildman–Crippen MR) is 107 cm³/mol. The van der Waals surface area contributed by atoms with Gasteiger partial charge in [0.25, 0.3) is 5.56 Å². The maximum Gasteiger partial charge on any atom is 0.279 e. The zero-order valence-corrected chi connectivity index (χ0v) is 16.8. The molecule has 26 heavy (non-hydrogen) atoms. The first-order valence-electron chi connectivity index (χ1n) is 8.95. The van der Waals surface area contributed by atoms with Crippen molar-refractivity contribution in [1.29, 1.82) is 0 Å². The molecule has 0 unspecified atom stereocenters. The van der Waals surface area contributed by atoms with Gasteiger partial charge in [-0.3, -0.25) is 4.79 Å². The Kier molecular flexibility index (Phi) is 4.40. The summed E-state index contributed by atoms with van der Waals surface area (Å²) < 4.78 is 1.46. The van der Waals surface area contributed by atoms with Gasteiger partial charge in [-0.15, -0.1) is 16.4 Å². The van der Waals surface area contributed by atoms with Gasteiger partial charge in [-0.1, -0.05) is 49.7 Å². The molecular weight excluding hydrogens is 366 g/mol. The number of halogens is 1. The molecule has 6 heteroatoms. The van der Waals surface area contributed by atoms with Crippen LogP contribution in [0.5, 0.6) is 0 Å². The SMILES string of the molecule is CC(C)(C)[C@@H]1CCc2c(sc3nnn(Cc4cccc(Cl)c4)c(=O)c23)C1. The van der Waals surface area contributed by atoms with Crippen LogP contribution in [0, 0.1) is 11.3 Å². The van der Waals surface area contributed by atoms with Crippen molar-refractivity contribution in [3.8, 4) is 0 Å². The fourth-order valence-electron chi connectivity index (χ4n) is 3.78. The standard InChI is InChI=1S/C20H22ClN3OS/c1-20(2,3)13-7-8-15-16(10-13)26-18-17(15)19(25)24(23-22-18)11-12-5-4-6-14(21)9-12/h4-6,9,13H,7-8,10-11H2,1-3H3/t13-/m1/s1. The first-order valence-corrected chi connectivity index (χ1v) is 10.1. The highest BCUT2D eigenvalue weighted by atomic mass is 35.5. The van der Waals surface area contributed by atoms with E-state index in [0.717, 1.165) is 35.0 Å². The van der Waals surface area contributed by atoms with E-state index in [9.17, 15) is 4.79 Å². The van der Waals surface area contributed by atoms with E-state index in [1.807, 2.05) is 24.3 Å². The van der Waals surface area contributed by atoms with Gasteiger partial charge in [0.1, 0.15) is 0 Å². The van der Waals surface area contributed by atoms with Crippen molar-refractivity contribution in [2.45, 2.75) is 46.6 Å². The lowest BCUT2D eigenvalue weighted by Gasteiger charge is -2.33. The Balaban J connectivity index is 1.74. The summed E-state index contributed by atoms with van der Waals surface area (Å²) in [5, 5.41) is 9.95. The number of benzene rings is 1. The summed E-state index contributed by atoms with van der Waals surface area (Å²) in [4.78, 5) is 15.2. The minimum atomic E-state index is -0.0401. The van der Waals surface area contributed by atoms with Crippen molar-refractivity contribution in [1.82, 2.24) is 15.0 Å². The predicted octanol–water partition coefficient (Wildman–Crippen LogP) is 4.71. The molecule has 0 amide bonds. The average Bonchev–Trinajstić information content (AvgIpc) is 2.95. The molecule has 0 N–H and O–H groups in total. The van der Waals surface area contributed by atoms with Crippen LogP contribution in [0.1, 0.15) is 43.2 Å². The summed E-state index contributed by atoms with van der Waals surface area (Å²) >= 11 is 7.70. The monoisotopic (exact) mass is 387 g/mol. The summed E-state index contributed by atoms with van der Waals surface area (Å²) in [6.07, 6.45) is 3.11. The Hall–Kier alpha value is -1.72. The molecule has 1 aliphatic rings. The second kappa shape index (κ2) is 6.46. The number of thiophene rings is 1. The highest BCUT2D eigenvalue weighted by Crippen LogP contribution is 2.41. The largest absolute Gasteiger partial charge is 0.279 e. The van der Waals surface area contributed by atoms with Crippen LogP contribution >= 0.6 is 22.9 Å². The third kappa shape index (κ3) is 3.19. The van der Waals surface area contributed by atoms with E-state index in [4.69, 9.17) is 11.6 Å². The summed E-state index contributed by atoms with van der Waals surface area (Å²) in [6, 6.07) is 7.51. The van der Waals surface area contributed by atoms with Crippen molar-refractivity contribution >= 4 is 33.2 Å². The van der Waals surface area contributed by atoms with Gasteiger partial charge in [-0.2, -0.15) is 0 Å². The highest BCUT2D eigenvalue weighted by Gasteiger charge is 2.31. The molecule has 0 radical (unpaired) electrons. The molecule has 0 aliphatic heterocycles. The third-order valence-electron chi connectivity index (χ3n) is 5.38.